The van der Waals surface area contributed by atoms with Crippen molar-refractivity contribution in [1.82, 2.24) is 5.32 Å². The van der Waals surface area contributed by atoms with Crippen molar-refractivity contribution in [3.05, 3.63) is 0 Å². The molecule has 3 atom stereocenters. The van der Waals surface area contributed by atoms with Crippen molar-refractivity contribution in [2.24, 2.45) is 11.7 Å². The van der Waals surface area contributed by atoms with Crippen molar-refractivity contribution in [3.63, 3.8) is 0 Å². The van der Waals surface area contributed by atoms with E-state index >= 15 is 0 Å². The molecule has 0 aromatic rings. The van der Waals surface area contributed by atoms with Crippen molar-refractivity contribution in [2.45, 2.75) is 50.3 Å². The number of rotatable bonds is 5. The normalized spacial score (nSPS) is 26.2. The Kier molecular flexibility index (Phi) is 6.27. The predicted octanol–water partition coefficient (Wildman–Crippen LogP) is 2.09. The Bertz CT molecular complexity index is 284. The molecule has 0 aromatic heterocycles. The second-order valence-corrected chi connectivity index (χ2v) is 6.20. The highest BCUT2D eigenvalue weighted by molar-refractivity contribution is 7.99. The number of thiocarbonyl (C=S) groups is 1. The van der Waals surface area contributed by atoms with Gasteiger partial charge in [0.25, 0.3) is 0 Å². The molecule has 0 radical (unpaired) electrons. The molecule has 3 unspecified atom stereocenters. The molecule has 3 nitrogen and oxygen atoms in total. The summed E-state index contributed by atoms with van der Waals surface area (Å²) in [5.41, 5.74) is 5.57. The number of nitrogens with one attached hydrogen (secondary N) is 1. The maximum atomic E-state index is 12.0. The molecule has 1 fully saturated rings. The summed E-state index contributed by atoms with van der Waals surface area (Å²) < 4.78 is 0. The van der Waals surface area contributed by atoms with Gasteiger partial charge in [-0.25, -0.2) is 0 Å². The molecule has 1 amide bonds. The maximum absolute atomic E-state index is 12.0. The van der Waals surface area contributed by atoms with Crippen LogP contribution in [-0.2, 0) is 4.79 Å². The van der Waals surface area contributed by atoms with Gasteiger partial charge in [0.1, 0.15) is 0 Å². The first-order valence-electron chi connectivity index (χ1n) is 6.21. The number of thioether (sulfide) groups is 1. The summed E-state index contributed by atoms with van der Waals surface area (Å²) in [7, 11) is 0. The van der Waals surface area contributed by atoms with Gasteiger partial charge in [-0.2, -0.15) is 11.8 Å². The van der Waals surface area contributed by atoms with Gasteiger partial charge in [0.15, 0.2) is 0 Å². The summed E-state index contributed by atoms with van der Waals surface area (Å²) in [6.07, 6.45) is 7.43. The van der Waals surface area contributed by atoms with Crippen LogP contribution in [0.1, 0.15) is 39.0 Å². The Hall–Kier alpha value is -0.290. The number of hydrogen-bond acceptors (Lipinski definition) is 3. The van der Waals surface area contributed by atoms with E-state index in [1.54, 1.807) is 0 Å². The molecule has 0 saturated heterocycles. The first-order valence-corrected chi connectivity index (χ1v) is 7.90. The van der Waals surface area contributed by atoms with E-state index in [4.69, 9.17) is 18.0 Å². The van der Waals surface area contributed by atoms with Gasteiger partial charge in [0.05, 0.1) is 10.9 Å². The fourth-order valence-electron chi connectivity index (χ4n) is 2.31. The van der Waals surface area contributed by atoms with E-state index in [1.807, 2.05) is 18.7 Å². The summed E-state index contributed by atoms with van der Waals surface area (Å²) in [5, 5.41) is 3.78. The quantitative estimate of drug-likeness (QED) is 0.754. The van der Waals surface area contributed by atoms with Gasteiger partial charge in [0, 0.05) is 11.3 Å². The largest absolute Gasteiger partial charge is 0.393 e. The van der Waals surface area contributed by atoms with Crippen LogP contribution >= 0.6 is 24.0 Å². The molecule has 1 rings (SSSR count). The molecule has 0 aliphatic heterocycles. The average molecular weight is 274 g/mol. The fraction of sp³-hybridized carbons (Fsp3) is 0.833. The lowest BCUT2D eigenvalue weighted by molar-refractivity contribution is -0.123. The number of nitrogens with two attached hydrogens (primary N) is 1. The Morgan fingerprint density at radius 3 is 2.82 bits per heavy atom. The second kappa shape index (κ2) is 7.21. The number of hydrogen-bond donors (Lipinski definition) is 2. The number of carbonyl (C=O) groups excluding carboxylic acids is 1. The highest BCUT2D eigenvalue weighted by Gasteiger charge is 2.26. The summed E-state index contributed by atoms with van der Waals surface area (Å²) in [4.78, 5) is 12.3. The first kappa shape index (κ1) is 14.8. The Balaban J connectivity index is 2.47. The van der Waals surface area contributed by atoms with Gasteiger partial charge >= 0.3 is 0 Å². The minimum absolute atomic E-state index is 0.00625. The Morgan fingerprint density at radius 2 is 2.29 bits per heavy atom. The molecule has 0 aromatic carbocycles. The van der Waals surface area contributed by atoms with Gasteiger partial charge in [-0.3, -0.25) is 4.79 Å². The SMILES string of the molecule is CCC(C(=O)NC1CCCC(SC)C1)C(N)=S. The monoisotopic (exact) mass is 274 g/mol. The summed E-state index contributed by atoms with van der Waals surface area (Å²) in [6.45, 7) is 1.94. The minimum atomic E-state index is -0.306. The van der Waals surface area contributed by atoms with Crippen LogP contribution in [0.2, 0.25) is 0 Å². The van der Waals surface area contributed by atoms with Gasteiger partial charge in [0.2, 0.25) is 5.91 Å². The molecule has 98 valence electrons. The lowest BCUT2D eigenvalue weighted by Crippen LogP contribution is -2.44. The van der Waals surface area contributed by atoms with Crippen LogP contribution < -0.4 is 11.1 Å². The highest BCUT2D eigenvalue weighted by Crippen LogP contribution is 2.27. The van der Waals surface area contributed by atoms with E-state index < -0.39 is 0 Å². The highest BCUT2D eigenvalue weighted by atomic mass is 32.2. The van der Waals surface area contributed by atoms with E-state index in [2.05, 4.69) is 11.6 Å². The Morgan fingerprint density at radius 1 is 1.59 bits per heavy atom. The van der Waals surface area contributed by atoms with Crippen LogP contribution in [0.25, 0.3) is 0 Å². The molecule has 1 saturated carbocycles. The molecule has 3 N–H and O–H groups in total. The van der Waals surface area contributed by atoms with Gasteiger partial charge in [-0.15, -0.1) is 0 Å². The van der Waals surface area contributed by atoms with Crippen molar-refractivity contribution >= 4 is 34.9 Å². The topological polar surface area (TPSA) is 55.1 Å². The van der Waals surface area contributed by atoms with E-state index in [1.165, 1.54) is 12.8 Å². The van der Waals surface area contributed by atoms with Crippen LogP contribution in [0, 0.1) is 5.92 Å². The van der Waals surface area contributed by atoms with E-state index in [0.717, 1.165) is 12.8 Å². The van der Waals surface area contributed by atoms with Crippen molar-refractivity contribution in [2.75, 3.05) is 6.26 Å². The maximum Gasteiger partial charge on any atom is 0.230 e. The molecule has 1 aliphatic carbocycles. The average Bonchev–Trinajstić information content (AvgIpc) is 2.29. The van der Waals surface area contributed by atoms with Gasteiger partial charge in [-0.1, -0.05) is 25.6 Å². The summed E-state index contributed by atoms with van der Waals surface area (Å²) in [6, 6.07) is 0.303. The molecule has 1 aliphatic rings. The third-order valence-corrected chi connectivity index (χ3v) is 4.75. The number of carbonyl (C=O) groups is 1. The predicted molar refractivity (Wildman–Crippen MR) is 78.3 cm³/mol. The minimum Gasteiger partial charge on any atom is -0.393 e. The van der Waals surface area contributed by atoms with Crippen LogP contribution in [0.3, 0.4) is 0 Å². The van der Waals surface area contributed by atoms with E-state index in [9.17, 15) is 4.79 Å². The van der Waals surface area contributed by atoms with Crippen LogP contribution in [0.4, 0.5) is 0 Å². The zero-order valence-corrected chi connectivity index (χ0v) is 12.2. The van der Waals surface area contributed by atoms with Crippen molar-refractivity contribution < 1.29 is 4.79 Å². The lowest BCUT2D eigenvalue weighted by Gasteiger charge is -2.29. The van der Waals surface area contributed by atoms with Gasteiger partial charge in [-0.05, 0) is 31.9 Å². The lowest BCUT2D eigenvalue weighted by atomic mass is 9.94. The van der Waals surface area contributed by atoms with Crippen LogP contribution in [0.15, 0.2) is 0 Å². The van der Waals surface area contributed by atoms with Gasteiger partial charge < -0.3 is 11.1 Å². The zero-order chi connectivity index (χ0) is 12.8. The molecule has 5 heteroatoms. The molecular formula is C12H22N2OS2. The molecule has 0 heterocycles. The second-order valence-electron chi connectivity index (χ2n) is 4.59. The van der Waals surface area contributed by atoms with E-state index in [0.29, 0.717) is 22.7 Å². The van der Waals surface area contributed by atoms with Crippen LogP contribution in [-0.4, -0.2) is 28.4 Å². The Labute approximate surface area is 113 Å². The third kappa shape index (κ3) is 4.47. The number of amides is 1. The third-order valence-electron chi connectivity index (χ3n) is 3.37. The fourth-order valence-corrected chi connectivity index (χ4v) is 3.41. The van der Waals surface area contributed by atoms with Crippen molar-refractivity contribution in [3.8, 4) is 0 Å². The smallest absolute Gasteiger partial charge is 0.230 e. The zero-order valence-electron chi connectivity index (χ0n) is 10.6. The standard InChI is InChI=1S/C12H22N2OS2/c1-3-10(11(13)16)12(15)14-8-5-4-6-9(7-8)17-2/h8-10H,3-7H2,1-2H3,(H2,13,16)(H,14,15). The van der Waals surface area contributed by atoms with Crippen LogP contribution in [0.5, 0.6) is 0 Å². The summed E-state index contributed by atoms with van der Waals surface area (Å²) >= 11 is 6.81. The first-order chi connectivity index (χ1) is 8.08. The molecular weight excluding hydrogens is 252 g/mol. The molecule has 0 spiro atoms. The van der Waals surface area contributed by atoms with E-state index in [-0.39, 0.29) is 11.8 Å². The van der Waals surface area contributed by atoms with Crippen molar-refractivity contribution in [1.29, 1.82) is 0 Å². The molecule has 17 heavy (non-hydrogen) atoms. The molecule has 0 bridgehead atoms. The summed E-state index contributed by atoms with van der Waals surface area (Å²) in [5.74, 6) is -0.300.